The predicted octanol–water partition coefficient (Wildman–Crippen LogP) is 2.13. The van der Waals surface area contributed by atoms with Gasteiger partial charge >= 0.3 is 6.18 Å². The van der Waals surface area contributed by atoms with E-state index in [0.717, 1.165) is 17.7 Å². The number of amides is 2. The molecule has 0 bridgehead atoms. The molecule has 1 unspecified atom stereocenters. The second-order valence-corrected chi connectivity index (χ2v) is 6.41. The van der Waals surface area contributed by atoms with Crippen LogP contribution >= 0.6 is 0 Å². The van der Waals surface area contributed by atoms with Gasteiger partial charge < -0.3 is 10.2 Å². The molecule has 3 fully saturated rings. The van der Waals surface area contributed by atoms with Crippen LogP contribution in [0.4, 0.5) is 13.2 Å². The van der Waals surface area contributed by atoms with Gasteiger partial charge in [0.15, 0.2) is 0 Å². The molecule has 2 saturated carbocycles. The second-order valence-electron chi connectivity index (χ2n) is 6.41. The van der Waals surface area contributed by atoms with Gasteiger partial charge in [0.2, 0.25) is 11.8 Å². The molecule has 1 aliphatic heterocycles. The molecule has 3 rings (SSSR count). The van der Waals surface area contributed by atoms with E-state index in [1.165, 1.54) is 0 Å². The van der Waals surface area contributed by atoms with Gasteiger partial charge in [-0.1, -0.05) is 19.8 Å². The van der Waals surface area contributed by atoms with Gasteiger partial charge in [0, 0.05) is 0 Å². The Labute approximate surface area is 121 Å². The minimum absolute atomic E-state index is 0.0951. The lowest BCUT2D eigenvalue weighted by Gasteiger charge is -2.48. The predicted molar refractivity (Wildman–Crippen MR) is 68.3 cm³/mol. The number of nitrogens with one attached hydrogen (secondary N) is 1. The smallest absolute Gasteiger partial charge is 0.340 e. The summed E-state index contributed by atoms with van der Waals surface area (Å²) in [7, 11) is 0. The second kappa shape index (κ2) is 4.36. The molecule has 1 saturated heterocycles. The zero-order valence-corrected chi connectivity index (χ0v) is 11.9. The fourth-order valence-corrected chi connectivity index (χ4v) is 3.82. The van der Waals surface area contributed by atoms with E-state index in [2.05, 4.69) is 5.32 Å². The van der Waals surface area contributed by atoms with E-state index in [4.69, 9.17) is 0 Å². The van der Waals surface area contributed by atoms with Gasteiger partial charge in [-0.2, -0.15) is 13.2 Å². The molecule has 1 atom stereocenters. The first-order chi connectivity index (χ1) is 9.77. The summed E-state index contributed by atoms with van der Waals surface area (Å²) >= 11 is 0. The van der Waals surface area contributed by atoms with Crippen LogP contribution in [0.25, 0.3) is 0 Å². The van der Waals surface area contributed by atoms with Crippen molar-refractivity contribution in [1.82, 2.24) is 10.2 Å². The third-order valence-electron chi connectivity index (χ3n) is 5.16. The zero-order valence-electron chi connectivity index (χ0n) is 11.9. The number of hydrogen-bond acceptors (Lipinski definition) is 2. The number of halogens is 3. The van der Waals surface area contributed by atoms with Crippen LogP contribution in [0.5, 0.6) is 0 Å². The molecule has 7 heteroatoms. The summed E-state index contributed by atoms with van der Waals surface area (Å²) < 4.78 is 40.3. The molecule has 0 aromatic carbocycles. The molecular weight excluding hydrogens is 285 g/mol. The largest absolute Gasteiger partial charge is 0.411 e. The first-order valence-corrected chi connectivity index (χ1v) is 7.50. The third-order valence-corrected chi connectivity index (χ3v) is 5.16. The zero-order chi connectivity index (χ0) is 15.5. The minimum Gasteiger partial charge on any atom is -0.340 e. The number of rotatable bonds is 2. The van der Waals surface area contributed by atoms with Crippen molar-refractivity contribution < 1.29 is 22.8 Å². The molecule has 0 aromatic heterocycles. The van der Waals surface area contributed by atoms with Crippen molar-refractivity contribution in [1.29, 1.82) is 0 Å². The first-order valence-electron chi connectivity index (χ1n) is 7.50. The average molecular weight is 304 g/mol. The first kappa shape index (κ1) is 14.7. The lowest BCUT2D eigenvalue weighted by Crippen LogP contribution is -2.73. The standard InChI is InChI=1S/C14H19F3N2O2/c1-2-9-10(20)18-12(5-3-4-6-12)11(21)19(9)13(7-8-13)14(15,16)17/h9H,2-8H2,1H3,(H,18,20). The molecule has 0 aromatic rings. The molecule has 2 aliphatic carbocycles. The summed E-state index contributed by atoms with van der Waals surface area (Å²) in [5.74, 6) is -0.962. The van der Waals surface area contributed by atoms with E-state index < -0.39 is 35.1 Å². The highest BCUT2D eigenvalue weighted by Crippen LogP contribution is 2.56. The van der Waals surface area contributed by atoms with Crippen LogP contribution in [-0.2, 0) is 9.59 Å². The van der Waals surface area contributed by atoms with E-state index >= 15 is 0 Å². The van der Waals surface area contributed by atoms with Crippen molar-refractivity contribution in [2.75, 3.05) is 0 Å². The van der Waals surface area contributed by atoms with Crippen LogP contribution in [0.1, 0.15) is 51.9 Å². The van der Waals surface area contributed by atoms with Crippen LogP contribution < -0.4 is 5.32 Å². The highest BCUT2D eigenvalue weighted by molar-refractivity contribution is 6.00. The van der Waals surface area contributed by atoms with Crippen molar-refractivity contribution in [2.24, 2.45) is 0 Å². The number of hydrogen-bond donors (Lipinski definition) is 1. The fourth-order valence-electron chi connectivity index (χ4n) is 3.82. The quantitative estimate of drug-likeness (QED) is 0.849. The molecule has 1 N–H and O–H groups in total. The number of carbonyl (C=O) groups is 2. The number of nitrogens with zero attached hydrogens (tertiary/aromatic N) is 1. The average Bonchev–Trinajstić information content (AvgIpc) is 3.08. The van der Waals surface area contributed by atoms with Crippen LogP contribution in [0.3, 0.4) is 0 Å². The van der Waals surface area contributed by atoms with Crippen LogP contribution in [-0.4, -0.2) is 40.0 Å². The lowest BCUT2D eigenvalue weighted by atomic mass is 9.88. The summed E-state index contributed by atoms with van der Waals surface area (Å²) in [6, 6.07) is -1.01. The van der Waals surface area contributed by atoms with E-state index in [9.17, 15) is 22.8 Å². The molecule has 21 heavy (non-hydrogen) atoms. The summed E-state index contributed by atoms with van der Waals surface area (Å²) in [6.45, 7) is 1.64. The summed E-state index contributed by atoms with van der Waals surface area (Å²) in [4.78, 5) is 26.0. The normalized spacial score (nSPS) is 30.7. The van der Waals surface area contributed by atoms with Crippen molar-refractivity contribution in [3.63, 3.8) is 0 Å². The van der Waals surface area contributed by atoms with E-state index in [1.807, 2.05) is 0 Å². The Balaban J connectivity index is 2.02. The van der Waals surface area contributed by atoms with Gasteiger partial charge in [0.1, 0.15) is 17.1 Å². The van der Waals surface area contributed by atoms with E-state index in [0.29, 0.717) is 12.8 Å². The highest BCUT2D eigenvalue weighted by atomic mass is 19.4. The SMILES string of the molecule is CCC1C(=O)NC2(CCCC2)C(=O)N1C1(C(F)(F)F)CC1. The fraction of sp³-hybridized carbons (Fsp3) is 0.857. The summed E-state index contributed by atoms with van der Waals surface area (Å²) in [5, 5.41) is 2.73. The van der Waals surface area contributed by atoms with E-state index in [1.54, 1.807) is 6.92 Å². The molecule has 1 heterocycles. The molecule has 3 aliphatic rings. The Bertz CT molecular complexity index is 479. The molecule has 2 amide bonds. The Morgan fingerprint density at radius 2 is 1.76 bits per heavy atom. The number of piperazine rings is 1. The maximum absolute atomic E-state index is 13.4. The maximum Gasteiger partial charge on any atom is 0.411 e. The highest BCUT2D eigenvalue weighted by Gasteiger charge is 2.72. The van der Waals surface area contributed by atoms with Crippen LogP contribution in [0, 0.1) is 0 Å². The molecule has 1 spiro atoms. The van der Waals surface area contributed by atoms with Crippen LogP contribution in [0.2, 0.25) is 0 Å². The minimum atomic E-state index is -4.48. The lowest BCUT2D eigenvalue weighted by molar-refractivity contribution is -0.212. The van der Waals surface area contributed by atoms with Gasteiger partial charge in [-0.3, -0.25) is 9.59 Å². The topological polar surface area (TPSA) is 49.4 Å². The van der Waals surface area contributed by atoms with Crippen LogP contribution in [0.15, 0.2) is 0 Å². The Kier molecular flexibility index (Phi) is 3.05. The Morgan fingerprint density at radius 3 is 2.19 bits per heavy atom. The third kappa shape index (κ3) is 1.89. The monoisotopic (exact) mass is 304 g/mol. The summed E-state index contributed by atoms with van der Waals surface area (Å²) in [5.41, 5.74) is -3.21. The number of alkyl halides is 3. The van der Waals surface area contributed by atoms with Crippen molar-refractivity contribution in [2.45, 2.75) is 75.2 Å². The van der Waals surface area contributed by atoms with E-state index in [-0.39, 0.29) is 19.3 Å². The van der Waals surface area contributed by atoms with Gasteiger partial charge in [-0.05, 0) is 32.1 Å². The Morgan fingerprint density at radius 1 is 1.19 bits per heavy atom. The number of carbonyl (C=O) groups excluding carboxylic acids is 2. The molecule has 4 nitrogen and oxygen atoms in total. The summed E-state index contributed by atoms with van der Waals surface area (Å²) in [6.07, 6.45) is -2.06. The molecular formula is C14H19F3N2O2. The maximum atomic E-state index is 13.4. The molecule has 118 valence electrons. The van der Waals surface area contributed by atoms with Gasteiger partial charge in [0.25, 0.3) is 0 Å². The van der Waals surface area contributed by atoms with Crippen molar-refractivity contribution in [3.05, 3.63) is 0 Å². The Hall–Kier alpha value is -1.27. The van der Waals surface area contributed by atoms with Crippen molar-refractivity contribution in [3.8, 4) is 0 Å². The van der Waals surface area contributed by atoms with Gasteiger partial charge in [-0.15, -0.1) is 0 Å². The van der Waals surface area contributed by atoms with Gasteiger partial charge in [-0.25, -0.2) is 0 Å². The van der Waals surface area contributed by atoms with Gasteiger partial charge in [0.05, 0.1) is 0 Å². The molecule has 0 radical (unpaired) electrons. The van der Waals surface area contributed by atoms with Crippen molar-refractivity contribution >= 4 is 11.8 Å².